The normalized spacial score (nSPS) is 18.7. The van der Waals surface area contributed by atoms with Gasteiger partial charge in [0.25, 0.3) is 0 Å². The number of carboxylic acids is 1. The van der Waals surface area contributed by atoms with E-state index in [9.17, 15) is 9.59 Å². The van der Waals surface area contributed by atoms with Gasteiger partial charge in [-0.1, -0.05) is 6.92 Å². The highest BCUT2D eigenvalue weighted by Gasteiger charge is 2.23. The summed E-state index contributed by atoms with van der Waals surface area (Å²) >= 11 is 0. The molecule has 1 aliphatic rings. The Morgan fingerprint density at radius 2 is 1.94 bits per heavy atom. The van der Waals surface area contributed by atoms with Crippen LogP contribution >= 0.6 is 0 Å². The number of carbonyl (C=O) groups is 2. The van der Waals surface area contributed by atoms with Gasteiger partial charge in [-0.25, -0.2) is 0 Å². The lowest BCUT2D eigenvalue weighted by atomic mass is 10.0. The molecule has 5 nitrogen and oxygen atoms in total. The molecule has 0 radical (unpaired) electrons. The topological polar surface area (TPSA) is 66.8 Å². The summed E-state index contributed by atoms with van der Waals surface area (Å²) in [5.41, 5.74) is 0. The van der Waals surface area contributed by atoms with Gasteiger partial charge in [-0.2, -0.15) is 0 Å². The zero-order chi connectivity index (χ0) is 12.8. The van der Waals surface area contributed by atoms with Crippen molar-refractivity contribution in [3.63, 3.8) is 0 Å². The molecule has 1 saturated heterocycles. The number of ether oxygens (including phenoxy) is 1. The fraction of sp³-hybridized carbons (Fsp3) is 0.833. The van der Waals surface area contributed by atoms with Crippen LogP contribution in [0.15, 0.2) is 0 Å². The van der Waals surface area contributed by atoms with Crippen LogP contribution < -0.4 is 0 Å². The Morgan fingerprint density at radius 3 is 2.47 bits per heavy atom. The molecule has 1 heterocycles. The fourth-order valence-corrected chi connectivity index (χ4v) is 2.09. The number of amides is 1. The fourth-order valence-electron chi connectivity index (χ4n) is 2.09. The smallest absolute Gasteiger partial charge is 0.303 e. The van der Waals surface area contributed by atoms with Gasteiger partial charge in [0, 0.05) is 39.1 Å². The molecule has 1 rings (SSSR count). The zero-order valence-corrected chi connectivity index (χ0v) is 10.5. The molecule has 0 aromatic rings. The second-order valence-electron chi connectivity index (χ2n) is 4.76. The van der Waals surface area contributed by atoms with E-state index in [2.05, 4.69) is 0 Å². The summed E-state index contributed by atoms with van der Waals surface area (Å²) in [5.74, 6) is -0.924. The monoisotopic (exact) mass is 243 g/mol. The van der Waals surface area contributed by atoms with Crippen LogP contribution in [0.4, 0.5) is 0 Å². The first-order valence-electron chi connectivity index (χ1n) is 6.06. The number of hydrogen-bond donors (Lipinski definition) is 1. The highest BCUT2D eigenvalue weighted by Crippen LogP contribution is 2.16. The van der Waals surface area contributed by atoms with E-state index in [4.69, 9.17) is 9.84 Å². The van der Waals surface area contributed by atoms with E-state index in [1.165, 1.54) is 0 Å². The minimum atomic E-state index is -0.848. The lowest BCUT2D eigenvalue weighted by Gasteiger charge is -2.31. The van der Waals surface area contributed by atoms with Crippen molar-refractivity contribution in [1.82, 2.24) is 4.90 Å². The van der Waals surface area contributed by atoms with Crippen LogP contribution in [0.5, 0.6) is 0 Å². The Morgan fingerprint density at radius 1 is 1.35 bits per heavy atom. The Labute approximate surface area is 102 Å². The van der Waals surface area contributed by atoms with E-state index in [1.807, 2.05) is 0 Å². The van der Waals surface area contributed by atoms with Gasteiger partial charge >= 0.3 is 5.97 Å². The van der Waals surface area contributed by atoms with Crippen LogP contribution in [0, 0.1) is 5.92 Å². The van der Waals surface area contributed by atoms with E-state index in [0.717, 1.165) is 12.8 Å². The molecular weight excluding hydrogens is 222 g/mol. The van der Waals surface area contributed by atoms with Crippen LogP contribution in [0.1, 0.15) is 32.6 Å². The van der Waals surface area contributed by atoms with E-state index in [0.29, 0.717) is 19.6 Å². The summed E-state index contributed by atoms with van der Waals surface area (Å²) in [6.45, 7) is 3.20. The van der Waals surface area contributed by atoms with Crippen LogP contribution in [-0.4, -0.2) is 48.2 Å². The zero-order valence-electron chi connectivity index (χ0n) is 10.5. The Hall–Kier alpha value is -1.10. The number of carbonyl (C=O) groups excluding carboxylic acids is 1. The predicted octanol–water partition coefficient (Wildman–Crippen LogP) is 1.12. The number of hydrogen-bond acceptors (Lipinski definition) is 3. The molecule has 5 heteroatoms. The minimum absolute atomic E-state index is 0.0330. The van der Waals surface area contributed by atoms with Crippen molar-refractivity contribution in [2.75, 3.05) is 20.3 Å². The third-order valence-electron chi connectivity index (χ3n) is 3.18. The van der Waals surface area contributed by atoms with Crippen molar-refractivity contribution in [3.05, 3.63) is 0 Å². The van der Waals surface area contributed by atoms with E-state index in [1.54, 1.807) is 18.9 Å². The molecule has 1 aliphatic heterocycles. The van der Waals surface area contributed by atoms with Crippen LogP contribution in [0.3, 0.4) is 0 Å². The van der Waals surface area contributed by atoms with Crippen molar-refractivity contribution >= 4 is 11.9 Å². The highest BCUT2D eigenvalue weighted by atomic mass is 16.5. The van der Waals surface area contributed by atoms with Gasteiger partial charge in [-0.15, -0.1) is 0 Å². The lowest BCUT2D eigenvalue weighted by Crippen LogP contribution is -2.41. The second kappa shape index (κ2) is 6.59. The quantitative estimate of drug-likeness (QED) is 0.786. The molecule has 17 heavy (non-hydrogen) atoms. The standard InChI is InChI=1S/C12H21NO4/c1-9(8-12(15)16)7-11(14)13(2)10-3-5-17-6-4-10/h9-10H,3-8H2,1-2H3,(H,15,16). The van der Waals surface area contributed by atoms with Gasteiger partial charge in [-0.3, -0.25) is 9.59 Å². The molecule has 0 aromatic carbocycles. The molecule has 1 unspecified atom stereocenters. The highest BCUT2D eigenvalue weighted by molar-refractivity contribution is 5.77. The lowest BCUT2D eigenvalue weighted by molar-refractivity contribution is -0.139. The molecule has 0 aliphatic carbocycles. The molecule has 0 aromatic heterocycles. The summed E-state index contributed by atoms with van der Waals surface area (Å²) in [6.07, 6.45) is 2.10. The van der Waals surface area contributed by atoms with Crippen molar-refractivity contribution in [2.45, 2.75) is 38.6 Å². The molecule has 1 amide bonds. The van der Waals surface area contributed by atoms with E-state index >= 15 is 0 Å². The molecule has 1 atom stereocenters. The summed E-state index contributed by atoms with van der Waals surface area (Å²) < 4.78 is 5.25. The molecule has 0 bridgehead atoms. The summed E-state index contributed by atoms with van der Waals surface area (Å²) in [6, 6.07) is 0.244. The summed E-state index contributed by atoms with van der Waals surface area (Å²) in [4.78, 5) is 24.2. The predicted molar refractivity (Wildman–Crippen MR) is 62.6 cm³/mol. The van der Waals surface area contributed by atoms with E-state index in [-0.39, 0.29) is 24.3 Å². The van der Waals surface area contributed by atoms with Crippen molar-refractivity contribution in [1.29, 1.82) is 0 Å². The van der Waals surface area contributed by atoms with Crippen LogP contribution in [0.2, 0.25) is 0 Å². The minimum Gasteiger partial charge on any atom is -0.481 e. The number of nitrogens with zero attached hydrogens (tertiary/aromatic N) is 1. The largest absolute Gasteiger partial charge is 0.481 e. The molecule has 0 spiro atoms. The second-order valence-corrected chi connectivity index (χ2v) is 4.76. The number of carboxylic acid groups (broad SMARTS) is 1. The summed E-state index contributed by atoms with van der Waals surface area (Å²) in [7, 11) is 1.80. The van der Waals surface area contributed by atoms with Gasteiger partial charge in [0.15, 0.2) is 0 Å². The van der Waals surface area contributed by atoms with Gasteiger partial charge in [0.05, 0.1) is 0 Å². The first-order valence-corrected chi connectivity index (χ1v) is 6.06. The maximum atomic E-state index is 11.9. The average Bonchev–Trinajstić information content (AvgIpc) is 2.28. The van der Waals surface area contributed by atoms with Crippen molar-refractivity contribution in [3.8, 4) is 0 Å². The molecule has 0 saturated carbocycles. The Kier molecular flexibility index (Phi) is 5.41. The maximum Gasteiger partial charge on any atom is 0.303 e. The van der Waals surface area contributed by atoms with Gasteiger partial charge in [-0.05, 0) is 18.8 Å². The maximum absolute atomic E-state index is 11.9. The first kappa shape index (κ1) is 14.0. The third-order valence-corrected chi connectivity index (χ3v) is 3.18. The Bertz CT molecular complexity index is 274. The third kappa shape index (κ3) is 4.73. The molecular formula is C12H21NO4. The Balaban J connectivity index is 2.37. The van der Waals surface area contributed by atoms with Crippen molar-refractivity contribution in [2.24, 2.45) is 5.92 Å². The summed E-state index contributed by atoms with van der Waals surface area (Å²) in [5, 5.41) is 8.64. The molecule has 98 valence electrons. The van der Waals surface area contributed by atoms with Gasteiger partial charge in [0.2, 0.25) is 5.91 Å². The van der Waals surface area contributed by atoms with Gasteiger partial charge < -0.3 is 14.7 Å². The van der Waals surface area contributed by atoms with E-state index < -0.39 is 5.97 Å². The van der Waals surface area contributed by atoms with Gasteiger partial charge in [0.1, 0.15) is 0 Å². The average molecular weight is 243 g/mol. The SMILES string of the molecule is CC(CC(=O)O)CC(=O)N(C)C1CCOCC1. The van der Waals surface area contributed by atoms with Crippen LogP contribution in [-0.2, 0) is 14.3 Å². The first-order chi connectivity index (χ1) is 8.00. The van der Waals surface area contributed by atoms with Crippen molar-refractivity contribution < 1.29 is 19.4 Å². The van der Waals surface area contributed by atoms with Crippen LogP contribution in [0.25, 0.3) is 0 Å². The molecule has 1 N–H and O–H groups in total. The number of aliphatic carboxylic acids is 1. The molecule has 1 fully saturated rings. The number of rotatable bonds is 5.